The van der Waals surface area contributed by atoms with E-state index in [0.717, 1.165) is 21.8 Å². The number of hydrogen-bond donors (Lipinski definition) is 1. The van der Waals surface area contributed by atoms with Crippen LogP contribution in [0.3, 0.4) is 0 Å². The minimum absolute atomic E-state index is 0.0615. The molecule has 2 heterocycles. The van der Waals surface area contributed by atoms with E-state index >= 15 is 0 Å². The molecular weight excluding hydrogens is 297 g/mol. The third-order valence-corrected chi connectivity index (χ3v) is 4.66. The van der Waals surface area contributed by atoms with Gasteiger partial charge in [-0.15, -0.1) is 11.3 Å². The number of pyridine rings is 1. The van der Waals surface area contributed by atoms with Crippen molar-refractivity contribution in [3.8, 4) is 0 Å². The number of fused-ring (bicyclic) bond motifs is 1. The van der Waals surface area contributed by atoms with Gasteiger partial charge in [-0.05, 0) is 35.7 Å². The molecule has 0 bridgehead atoms. The topological polar surface area (TPSA) is 50.2 Å². The highest BCUT2D eigenvalue weighted by Crippen LogP contribution is 2.35. The summed E-state index contributed by atoms with van der Waals surface area (Å²) in [6.45, 7) is 0. The van der Waals surface area contributed by atoms with Gasteiger partial charge in [0, 0.05) is 16.3 Å². The van der Waals surface area contributed by atoms with Crippen molar-refractivity contribution in [2.24, 2.45) is 0 Å². The zero-order valence-electron chi connectivity index (χ0n) is 10.0. The minimum atomic E-state index is -1.08. The Kier molecular flexibility index (Phi) is 3.42. The molecule has 0 unspecified atom stereocenters. The van der Waals surface area contributed by atoms with Crippen molar-refractivity contribution in [1.82, 2.24) is 4.98 Å². The van der Waals surface area contributed by atoms with Crippen molar-refractivity contribution in [1.29, 1.82) is 0 Å². The first-order chi connectivity index (χ1) is 9.65. The van der Waals surface area contributed by atoms with Gasteiger partial charge in [0.2, 0.25) is 0 Å². The largest absolute Gasteiger partial charge is 0.478 e. The molecule has 0 atom stereocenters. The van der Waals surface area contributed by atoms with Crippen LogP contribution in [0.2, 0.25) is 0 Å². The number of aromatic nitrogens is 1. The number of carbonyl (C=O) groups is 1. The quantitative estimate of drug-likeness (QED) is 0.784. The first-order valence-corrected chi connectivity index (χ1v) is 7.37. The Labute approximate surface area is 122 Å². The van der Waals surface area contributed by atoms with Gasteiger partial charge in [0.05, 0.1) is 10.5 Å². The first kappa shape index (κ1) is 13.1. The Balaban J connectivity index is 2.04. The van der Waals surface area contributed by atoms with E-state index < -0.39 is 11.8 Å². The van der Waals surface area contributed by atoms with Gasteiger partial charge in [0.15, 0.2) is 0 Å². The fourth-order valence-electron chi connectivity index (χ4n) is 1.77. The molecule has 20 heavy (non-hydrogen) atoms. The Morgan fingerprint density at radius 1 is 1.30 bits per heavy atom. The predicted octanol–water partition coefficient (Wildman–Crippen LogP) is 4.28. The van der Waals surface area contributed by atoms with Gasteiger partial charge in [-0.25, -0.2) is 14.2 Å². The van der Waals surface area contributed by atoms with Crippen LogP contribution in [0.25, 0.3) is 10.1 Å². The highest BCUT2D eigenvalue weighted by atomic mass is 32.2. The summed E-state index contributed by atoms with van der Waals surface area (Å²) < 4.78 is 14.9. The maximum atomic E-state index is 13.8. The zero-order valence-corrected chi connectivity index (χ0v) is 11.7. The lowest BCUT2D eigenvalue weighted by molar-refractivity contribution is 0.0696. The van der Waals surface area contributed by atoms with Crippen molar-refractivity contribution in [2.75, 3.05) is 0 Å². The van der Waals surface area contributed by atoms with Crippen LogP contribution < -0.4 is 0 Å². The SMILES string of the molecule is O=C(O)c1ccc(F)c(Sc2nccc3sccc23)c1. The predicted molar refractivity (Wildman–Crippen MR) is 77.1 cm³/mol. The zero-order chi connectivity index (χ0) is 14.1. The van der Waals surface area contributed by atoms with E-state index in [0.29, 0.717) is 5.03 Å². The van der Waals surface area contributed by atoms with E-state index in [1.165, 1.54) is 18.2 Å². The number of rotatable bonds is 3. The summed E-state index contributed by atoms with van der Waals surface area (Å²) in [7, 11) is 0. The molecule has 3 nitrogen and oxygen atoms in total. The maximum Gasteiger partial charge on any atom is 0.335 e. The molecule has 0 fully saturated rings. The van der Waals surface area contributed by atoms with Crippen LogP contribution in [0.15, 0.2) is 51.8 Å². The summed E-state index contributed by atoms with van der Waals surface area (Å²) in [5.41, 5.74) is 0.0615. The van der Waals surface area contributed by atoms with Crippen LogP contribution in [0.5, 0.6) is 0 Å². The molecule has 0 spiro atoms. The molecule has 1 N–H and O–H groups in total. The smallest absolute Gasteiger partial charge is 0.335 e. The lowest BCUT2D eigenvalue weighted by Crippen LogP contribution is -1.97. The van der Waals surface area contributed by atoms with Crippen LogP contribution in [0.1, 0.15) is 10.4 Å². The number of halogens is 1. The number of carboxylic acids is 1. The van der Waals surface area contributed by atoms with Gasteiger partial charge in [0.25, 0.3) is 0 Å². The van der Waals surface area contributed by atoms with Crippen molar-refractivity contribution in [2.45, 2.75) is 9.92 Å². The molecule has 2 aromatic heterocycles. The fourth-order valence-corrected chi connectivity index (χ4v) is 3.58. The Hall–Kier alpha value is -1.92. The molecule has 0 saturated carbocycles. The average molecular weight is 305 g/mol. The number of thiophene rings is 1. The summed E-state index contributed by atoms with van der Waals surface area (Å²) in [5, 5.41) is 12.5. The molecule has 100 valence electrons. The minimum Gasteiger partial charge on any atom is -0.478 e. The van der Waals surface area contributed by atoms with Crippen molar-refractivity contribution < 1.29 is 14.3 Å². The second kappa shape index (κ2) is 5.22. The third kappa shape index (κ3) is 2.39. The molecule has 1 aromatic carbocycles. The average Bonchev–Trinajstić information content (AvgIpc) is 2.90. The summed E-state index contributed by atoms with van der Waals surface area (Å²) in [4.78, 5) is 15.4. The van der Waals surface area contributed by atoms with Crippen molar-refractivity contribution >= 4 is 39.2 Å². The molecule has 0 radical (unpaired) electrons. The number of aromatic carboxylic acids is 1. The second-order valence-electron chi connectivity index (χ2n) is 4.00. The van der Waals surface area contributed by atoms with E-state index in [4.69, 9.17) is 5.11 Å². The van der Waals surface area contributed by atoms with Crippen LogP contribution in [-0.4, -0.2) is 16.1 Å². The van der Waals surface area contributed by atoms with Crippen LogP contribution in [0.4, 0.5) is 4.39 Å². The molecule has 3 rings (SSSR count). The second-order valence-corrected chi connectivity index (χ2v) is 5.98. The summed E-state index contributed by atoms with van der Waals surface area (Å²) >= 11 is 2.72. The molecule has 0 aliphatic carbocycles. The van der Waals surface area contributed by atoms with Crippen LogP contribution in [-0.2, 0) is 0 Å². The molecule has 0 saturated heterocycles. The summed E-state index contributed by atoms with van der Waals surface area (Å²) in [5.74, 6) is -1.53. The fraction of sp³-hybridized carbons (Fsp3) is 0. The van der Waals surface area contributed by atoms with Gasteiger partial charge < -0.3 is 5.11 Å². The van der Waals surface area contributed by atoms with Crippen LogP contribution in [0, 0.1) is 5.82 Å². The van der Waals surface area contributed by atoms with Crippen LogP contribution >= 0.6 is 23.1 Å². The normalized spacial score (nSPS) is 10.8. The van der Waals surface area contributed by atoms with E-state index in [1.807, 2.05) is 17.5 Å². The molecule has 0 amide bonds. The highest BCUT2D eigenvalue weighted by Gasteiger charge is 2.12. The summed E-state index contributed by atoms with van der Waals surface area (Å²) in [6, 6.07) is 7.57. The monoisotopic (exact) mass is 305 g/mol. The number of nitrogens with zero attached hydrogens (tertiary/aromatic N) is 1. The molecule has 0 aliphatic rings. The number of carboxylic acid groups (broad SMARTS) is 1. The standard InChI is InChI=1S/C14H8FNO2S2/c15-10-2-1-8(14(17)18)7-12(10)20-13-9-4-6-19-11(9)3-5-16-13/h1-7H,(H,17,18). The number of benzene rings is 1. The lowest BCUT2D eigenvalue weighted by Gasteiger charge is -2.05. The third-order valence-electron chi connectivity index (χ3n) is 2.73. The highest BCUT2D eigenvalue weighted by molar-refractivity contribution is 7.99. The van der Waals surface area contributed by atoms with Crippen molar-refractivity contribution in [3.63, 3.8) is 0 Å². The van der Waals surface area contributed by atoms with Gasteiger partial charge in [-0.2, -0.15) is 0 Å². The van der Waals surface area contributed by atoms with E-state index in [1.54, 1.807) is 17.5 Å². The van der Waals surface area contributed by atoms with E-state index in [2.05, 4.69) is 4.98 Å². The maximum absolute atomic E-state index is 13.8. The van der Waals surface area contributed by atoms with Gasteiger partial charge in [-0.1, -0.05) is 11.8 Å². The van der Waals surface area contributed by atoms with Gasteiger partial charge >= 0.3 is 5.97 Å². The number of hydrogen-bond acceptors (Lipinski definition) is 4. The Bertz CT molecular complexity index is 801. The van der Waals surface area contributed by atoms with Crippen molar-refractivity contribution in [3.05, 3.63) is 53.3 Å². The van der Waals surface area contributed by atoms with Gasteiger partial charge in [-0.3, -0.25) is 0 Å². The summed E-state index contributed by atoms with van der Waals surface area (Å²) in [6.07, 6.45) is 1.67. The molecule has 0 aliphatic heterocycles. The van der Waals surface area contributed by atoms with E-state index in [-0.39, 0.29) is 10.5 Å². The van der Waals surface area contributed by atoms with E-state index in [9.17, 15) is 9.18 Å². The molecule has 6 heteroatoms. The lowest BCUT2D eigenvalue weighted by atomic mass is 10.2. The molecular formula is C14H8FNO2S2. The Morgan fingerprint density at radius 2 is 2.15 bits per heavy atom. The Morgan fingerprint density at radius 3 is 2.95 bits per heavy atom. The molecule has 3 aromatic rings. The first-order valence-electron chi connectivity index (χ1n) is 5.68. The van der Waals surface area contributed by atoms with Gasteiger partial charge in [0.1, 0.15) is 10.8 Å².